The van der Waals surface area contributed by atoms with Gasteiger partial charge in [0, 0.05) is 30.8 Å². The summed E-state index contributed by atoms with van der Waals surface area (Å²) in [5, 5.41) is 13.0. The van der Waals surface area contributed by atoms with E-state index in [0.29, 0.717) is 5.92 Å². The van der Waals surface area contributed by atoms with E-state index in [9.17, 15) is 0 Å². The summed E-state index contributed by atoms with van der Waals surface area (Å²) in [4.78, 5) is 2.64. The molecule has 184 valence electrons. The number of benzene rings is 1. The maximum absolute atomic E-state index is 8.95. The third kappa shape index (κ3) is 5.82. The standard InChI is InChI=1S/C30H43N3O/c1-3-24(4-2)22-30(29-9-6-5-8-26(29)14-17-32-30)27-15-19-33(20-16-27)18-7-21-34-28-12-10-25(23-31)11-13-28/h5-6,8-12,24,27-28,32H,3-4,7,13-22H2,1-2H3. The normalized spacial score (nSPS) is 25.7. The molecule has 1 aliphatic carbocycles. The van der Waals surface area contributed by atoms with Crippen LogP contribution in [0.1, 0.15) is 69.9 Å². The van der Waals surface area contributed by atoms with Gasteiger partial charge in [-0.25, -0.2) is 0 Å². The highest BCUT2D eigenvalue weighted by molar-refractivity contribution is 5.38. The Morgan fingerprint density at radius 1 is 1.21 bits per heavy atom. The van der Waals surface area contributed by atoms with Crippen LogP contribution in [0.4, 0.5) is 0 Å². The van der Waals surface area contributed by atoms with Gasteiger partial charge in [-0.05, 0) is 80.7 Å². The van der Waals surface area contributed by atoms with Crippen molar-refractivity contribution >= 4 is 0 Å². The first-order chi connectivity index (χ1) is 16.7. The van der Waals surface area contributed by atoms with E-state index in [1.165, 1.54) is 45.2 Å². The number of rotatable bonds is 10. The summed E-state index contributed by atoms with van der Waals surface area (Å²) in [6.07, 6.45) is 15.4. The van der Waals surface area contributed by atoms with Gasteiger partial charge >= 0.3 is 0 Å². The topological polar surface area (TPSA) is 48.3 Å². The third-order valence-electron chi connectivity index (χ3n) is 8.52. The second-order valence-corrected chi connectivity index (χ2v) is 10.4. The second kappa shape index (κ2) is 12.2. The Hall–Kier alpha value is -1.93. The van der Waals surface area contributed by atoms with Crippen molar-refractivity contribution in [1.29, 1.82) is 5.26 Å². The van der Waals surface area contributed by atoms with Crippen molar-refractivity contribution in [1.82, 2.24) is 10.2 Å². The van der Waals surface area contributed by atoms with Crippen LogP contribution in [-0.2, 0) is 16.7 Å². The summed E-state index contributed by atoms with van der Waals surface area (Å²) in [7, 11) is 0. The molecule has 2 heterocycles. The zero-order valence-corrected chi connectivity index (χ0v) is 21.3. The van der Waals surface area contributed by atoms with Gasteiger partial charge in [0.15, 0.2) is 0 Å². The lowest BCUT2D eigenvalue weighted by molar-refractivity contribution is 0.0583. The fraction of sp³-hybridized carbons (Fsp3) is 0.633. The SMILES string of the molecule is CCC(CC)CC1(C2CCN(CCCOC3C=CC(C#N)=CC3)CC2)NCCc2ccccc21. The van der Waals surface area contributed by atoms with Gasteiger partial charge in [-0.1, -0.05) is 63.1 Å². The number of nitriles is 1. The van der Waals surface area contributed by atoms with Gasteiger partial charge in [-0.3, -0.25) is 0 Å². The minimum absolute atomic E-state index is 0.130. The van der Waals surface area contributed by atoms with E-state index in [4.69, 9.17) is 10.00 Å². The molecule has 0 bridgehead atoms. The van der Waals surface area contributed by atoms with Gasteiger partial charge in [0.05, 0.1) is 12.2 Å². The molecule has 4 nitrogen and oxygen atoms in total. The molecule has 0 aromatic heterocycles. The Morgan fingerprint density at radius 3 is 2.71 bits per heavy atom. The minimum Gasteiger partial charge on any atom is -0.374 e. The molecule has 0 radical (unpaired) electrons. The number of nitrogens with zero attached hydrogens (tertiary/aromatic N) is 2. The molecular weight excluding hydrogens is 418 g/mol. The van der Waals surface area contributed by atoms with Gasteiger partial charge < -0.3 is 15.0 Å². The molecule has 1 N–H and O–H groups in total. The molecule has 0 saturated carbocycles. The summed E-state index contributed by atoms with van der Waals surface area (Å²) in [5.41, 5.74) is 4.05. The van der Waals surface area contributed by atoms with Crippen molar-refractivity contribution in [3.8, 4) is 6.07 Å². The first kappa shape index (κ1) is 25.2. The lowest BCUT2D eigenvalue weighted by Gasteiger charge is -2.50. The van der Waals surface area contributed by atoms with Crippen LogP contribution in [0, 0.1) is 23.2 Å². The number of fused-ring (bicyclic) bond motifs is 1. The summed E-state index contributed by atoms with van der Waals surface area (Å²) in [5.74, 6) is 1.48. The van der Waals surface area contributed by atoms with Crippen molar-refractivity contribution in [2.24, 2.45) is 11.8 Å². The highest BCUT2D eigenvalue weighted by atomic mass is 16.5. The van der Waals surface area contributed by atoms with Crippen LogP contribution in [0.25, 0.3) is 0 Å². The zero-order chi connectivity index (χ0) is 23.8. The van der Waals surface area contributed by atoms with E-state index in [2.05, 4.69) is 54.4 Å². The molecule has 0 spiro atoms. The summed E-state index contributed by atoms with van der Waals surface area (Å²) < 4.78 is 6.03. The summed E-state index contributed by atoms with van der Waals surface area (Å²) in [6.45, 7) is 10.1. The van der Waals surface area contributed by atoms with Crippen molar-refractivity contribution in [2.75, 3.05) is 32.8 Å². The number of hydrogen-bond donors (Lipinski definition) is 1. The molecule has 4 rings (SSSR count). The van der Waals surface area contributed by atoms with Crippen LogP contribution in [0.5, 0.6) is 0 Å². The van der Waals surface area contributed by atoms with E-state index < -0.39 is 0 Å². The Morgan fingerprint density at radius 2 is 2.00 bits per heavy atom. The Balaban J connectivity index is 1.31. The average molecular weight is 462 g/mol. The summed E-state index contributed by atoms with van der Waals surface area (Å²) in [6, 6.07) is 11.5. The number of allylic oxidation sites excluding steroid dienone is 2. The second-order valence-electron chi connectivity index (χ2n) is 10.4. The fourth-order valence-corrected chi connectivity index (χ4v) is 6.41. The fourth-order valence-electron chi connectivity index (χ4n) is 6.41. The number of hydrogen-bond acceptors (Lipinski definition) is 4. The van der Waals surface area contributed by atoms with E-state index in [1.54, 1.807) is 11.1 Å². The average Bonchev–Trinajstić information content (AvgIpc) is 2.90. The lowest BCUT2D eigenvalue weighted by Crippen LogP contribution is -2.56. The molecule has 2 unspecified atom stereocenters. The number of ether oxygens (including phenoxy) is 1. The van der Waals surface area contributed by atoms with E-state index >= 15 is 0 Å². The van der Waals surface area contributed by atoms with Crippen molar-refractivity contribution in [3.05, 3.63) is 59.2 Å². The molecule has 2 atom stereocenters. The van der Waals surface area contributed by atoms with Crippen LogP contribution in [0.3, 0.4) is 0 Å². The molecule has 2 aliphatic heterocycles. The lowest BCUT2D eigenvalue weighted by atomic mass is 9.65. The molecule has 0 amide bonds. The molecule has 1 aromatic rings. The molecule has 1 saturated heterocycles. The number of nitrogens with one attached hydrogen (secondary N) is 1. The van der Waals surface area contributed by atoms with Crippen LogP contribution in [0.2, 0.25) is 0 Å². The largest absolute Gasteiger partial charge is 0.374 e. The van der Waals surface area contributed by atoms with Crippen molar-refractivity contribution in [2.45, 2.75) is 76.9 Å². The first-order valence-electron chi connectivity index (χ1n) is 13.6. The Labute approximate surface area is 207 Å². The minimum atomic E-state index is 0.130. The number of likely N-dealkylation sites (tertiary alicyclic amines) is 1. The van der Waals surface area contributed by atoms with Crippen molar-refractivity contribution < 1.29 is 4.74 Å². The monoisotopic (exact) mass is 461 g/mol. The van der Waals surface area contributed by atoms with Gasteiger partial charge in [-0.15, -0.1) is 0 Å². The Bertz CT molecular complexity index is 889. The predicted molar refractivity (Wildman–Crippen MR) is 139 cm³/mol. The molecule has 1 aromatic carbocycles. The van der Waals surface area contributed by atoms with Crippen LogP contribution < -0.4 is 5.32 Å². The van der Waals surface area contributed by atoms with E-state index in [-0.39, 0.29) is 11.6 Å². The molecule has 1 fully saturated rings. The van der Waals surface area contributed by atoms with E-state index in [0.717, 1.165) is 50.4 Å². The highest BCUT2D eigenvalue weighted by Crippen LogP contribution is 2.45. The highest BCUT2D eigenvalue weighted by Gasteiger charge is 2.44. The zero-order valence-electron chi connectivity index (χ0n) is 21.3. The van der Waals surface area contributed by atoms with Gasteiger partial charge in [0.1, 0.15) is 0 Å². The first-order valence-corrected chi connectivity index (χ1v) is 13.6. The van der Waals surface area contributed by atoms with Gasteiger partial charge in [0.2, 0.25) is 0 Å². The molecular formula is C30H43N3O. The predicted octanol–water partition coefficient (Wildman–Crippen LogP) is 5.75. The molecule has 3 aliphatic rings. The maximum Gasteiger partial charge on any atom is 0.0988 e. The Kier molecular flexibility index (Phi) is 9.00. The smallest absolute Gasteiger partial charge is 0.0988 e. The summed E-state index contributed by atoms with van der Waals surface area (Å²) >= 11 is 0. The maximum atomic E-state index is 8.95. The third-order valence-corrected chi connectivity index (χ3v) is 8.52. The van der Waals surface area contributed by atoms with Crippen LogP contribution >= 0.6 is 0 Å². The molecule has 4 heteroatoms. The van der Waals surface area contributed by atoms with Gasteiger partial charge in [-0.2, -0.15) is 5.26 Å². The van der Waals surface area contributed by atoms with Crippen molar-refractivity contribution in [3.63, 3.8) is 0 Å². The quantitative estimate of drug-likeness (QED) is 0.451. The van der Waals surface area contributed by atoms with Gasteiger partial charge in [0.25, 0.3) is 0 Å². The molecule has 34 heavy (non-hydrogen) atoms. The van der Waals surface area contributed by atoms with Crippen LogP contribution in [-0.4, -0.2) is 43.8 Å². The number of piperidine rings is 1. The van der Waals surface area contributed by atoms with E-state index in [1.807, 2.05) is 18.2 Å². The van der Waals surface area contributed by atoms with Crippen LogP contribution in [0.15, 0.2) is 48.1 Å².